The van der Waals surface area contributed by atoms with Crippen LogP contribution in [0.25, 0.3) is 33.3 Å². The Morgan fingerprint density at radius 2 is 2.12 bits per heavy atom. The van der Waals surface area contributed by atoms with Gasteiger partial charge in [-0.25, -0.2) is 9.37 Å². The van der Waals surface area contributed by atoms with E-state index in [0.717, 1.165) is 13.1 Å². The summed E-state index contributed by atoms with van der Waals surface area (Å²) in [7, 11) is 1.68. The molecule has 1 fully saturated rings. The number of nitrogens with two attached hydrogens (primary N) is 1. The number of halogens is 2. The molecule has 0 spiro atoms. The van der Waals surface area contributed by atoms with Crippen molar-refractivity contribution in [2.24, 2.45) is 18.7 Å². The predicted molar refractivity (Wildman–Crippen MR) is 129 cm³/mol. The highest BCUT2D eigenvalue weighted by molar-refractivity contribution is 6.31. The fourth-order valence-corrected chi connectivity index (χ4v) is 4.69. The Morgan fingerprint density at radius 1 is 1.35 bits per heavy atom. The molecule has 0 aliphatic carbocycles. The molecule has 2 aromatic carbocycles. The zero-order valence-corrected chi connectivity index (χ0v) is 19.3. The first-order chi connectivity index (χ1) is 16.3. The Labute approximate surface area is 199 Å². The second-order valence-corrected chi connectivity index (χ2v) is 8.95. The zero-order chi connectivity index (χ0) is 24.1. The monoisotopic (exact) mass is 477 g/mol. The number of aryl methyl sites for hydroxylation is 1. The normalized spacial score (nSPS) is 13.8. The number of fused-ring (bicyclic) bond motifs is 1. The number of hydrogen-bond acceptors (Lipinski definition) is 6. The Kier molecular flexibility index (Phi) is 5.35. The number of nitrogens with zero attached hydrogens (tertiary/aromatic N) is 5. The van der Waals surface area contributed by atoms with Crippen LogP contribution in [-0.2, 0) is 13.6 Å². The summed E-state index contributed by atoms with van der Waals surface area (Å²) in [6, 6.07) is 8.83. The van der Waals surface area contributed by atoms with Crippen LogP contribution in [0.4, 0.5) is 10.1 Å². The van der Waals surface area contributed by atoms with Crippen LogP contribution in [0.2, 0.25) is 5.02 Å². The molecule has 0 radical (unpaired) electrons. The lowest BCUT2D eigenvalue weighted by atomic mass is 9.93. The maximum atomic E-state index is 15.5. The molecule has 0 saturated carbocycles. The van der Waals surface area contributed by atoms with Crippen LogP contribution in [0.1, 0.15) is 18.3 Å². The van der Waals surface area contributed by atoms with Gasteiger partial charge in [0.25, 0.3) is 5.56 Å². The number of anilines is 1. The van der Waals surface area contributed by atoms with Crippen molar-refractivity contribution in [1.82, 2.24) is 19.7 Å². The minimum absolute atomic E-state index is 0.0602. The lowest BCUT2D eigenvalue weighted by molar-refractivity contribution is 0.447. The van der Waals surface area contributed by atoms with Gasteiger partial charge >= 0.3 is 0 Å². The maximum Gasteiger partial charge on any atom is 0.258 e. The summed E-state index contributed by atoms with van der Waals surface area (Å²) in [5.41, 5.74) is 8.40. The van der Waals surface area contributed by atoms with E-state index in [0.29, 0.717) is 45.2 Å². The van der Waals surface area contributed by atoms with Gasteiger partial charge in [0.2, 0.25) is 0 Å². The van der Waals surface area contributed by atoms with Crippen molar-refractivity contribution in [1.29, 1.82) is 5.26 Å². The van der Waals surface area contributed by atoms with Gasteiger partial charge in [0, 0.05) is 25.7 Å². The number of nitriles is 1. The molecule has 172 valence electrons. The second-order valence-electron chi connectivity index (χ2n) is 8.54. The highest BCUT2D eigenvalue weighted by Crippen LogP contribution is 2.42. The largest absolute Gasteiger partial charge is 0.370 e. The molecule has 1 aliphatic rings. The number of aromatic amines is 1. The maximum absolute atomic E-state index is 15.5. The van der Waals surface area contributed by atoms with Crippen LogP contribution in [0.3, 0.4) is 0 Å². The van der Waals surface area contributed by atoms with E-state index >= 15 is 4.39 Å². The lowest BCUT2D eigenvalue weighted by Gasteiger charge is -2.40. The zero-order valence-electron chi connectivity index (χ0n) is 18.6. The quantitative estimate of drug-likeness (QED) is 0.464. The third-order valence-corrected chi connectivity index (χ3v) is 6.43. The molecular formula is C24H21ClFN7O. The first-order valence-corrected chi connectivity index (χ1v) is 11.1. The van der Waals surface area contributed by atoms with Crippen molar-refractivity contribution in [3.63, 3.8) is 0 Å². The number of rotatable bonds is 4. The molecule has 3 N–H and O–H groups in total. The molecule has 2 aromatic heterocycles. The Bertz CT molecular complexity index is 1550. The van der Waals surface area contributed by atoms with Crippen LogP contribution in [0.5, 0.6) is 0 Å². The van der Waals surface area contributed by atoms with Crippen molar-refractivity contribution in [3.8, 4) is 28.5 Å². The van der Waals surface area contributed by atoms with Crippen LogP contribution in [0, 0.1) is 23.1 Å². The van der Waals surface area contributed by atoms with Gasteiger partial charge < -0.3 is 15.6 Å². The fraction of sp³-hybridized carbons (Fsp3) is 0.250. The van der Waals surface area contributed by atoms with E-state index in [1.807, 2.05) is 4.90 Å². The van der Waals surface area contributed by atoms with Gasteiger partial charge in [0.1, 0.15) is 11.9 Å². The van der Waals surface area contributed by atoms with E-state index in [4.69, 9.17) is 17.3 Å². The van der Waals surface area contributed by atoms with E-state index < -0.39 is 5.82 Å². The third kappa shape index (κ3) is 3.43. The van der Waals surface area contributed by atoms with Crippen molar-refractivity contribution in [3.05, 3.63) is 63.0 Å². The molecule has 1 aliphatic heterocycles. The van der Waals surface area contributed by atoms with Gasteiger partial charge in [-0.05, 0) is 29.7 Å². The minimum Gasteiger partial charge on any atom is -0.370 e. The predicted octanol–water partition coefficient (Wildman–Crippen LogP) is 3.57. The molecule has 5 rings (SSSR count). The summed E-state index contributed by atoms with van der Waals surface area (Å²) in [6.07, 6.45) is 1.60. The molecular weight excluding hydrogens is 457 g/mol. The van der Waals surface area contributed by atoms with Gasteiger partial charge in [-0.3, -0.25) is 9.48 Å². The topological polar surface area (TPSA) is 117 Å². The van der Waals surface area contributed by atoms with Gasteiger partial charge in [-0.1, -0.05) is 24.6 Å². The summed E-state index contributed by atoms with van der Waals surface area (Å²) in [5, 5.41) is 14.7. The molecule has 4 aromatic rings. The standard InChI is InChI=1S/C24H21ClFN7O/c1-12-10-33(11-12)19-6-17(25)22(26)21(15(19)7-27)23-16(9-29-32(23)2)13-3-4-14-18(5-13)30-20(8-28)31-24(14)34/h3-6,9,12H,8,10-11,28H2,1-2H3,(H,30,31,34). The van der Waals surface area contributed by atoms with Gasteiger partial charge in [0.15, 0.2) is 5.82 Å². The Hall–Kier alpha value is -3.74. The number of benzene rings is 2. The van der Waals surface area contributed by atoms with E-state index in [1.165, 1.54) is 10.7 Å². The first kappa shape index (κ1) is 22.1. The second kappa shape index (κ2) is 8.24. The van der Waals surface area contributed by atoms with E-state index in [1.54, 1.807) is 31.4 Å². The summed E-state index contributed by atoms with van der Waals surface area (Å²) in [5.74, 6) is 0.168. The highest BCUT2D eigenvalue weighted by Gasteiger charge is 2.30. The van der Waals surface area contributed by atoms with Crippen molar-refractivity contribution in [2.45, 2.75) is 13.5 Å². The van der Waals surface area contributed by atoms with Crippen LogP contribution in [-0.4, -0.2) is 32.8 Å². The van der Waals surface area contributed by atoms with E-state index in [2.05, 4.69) is 28.1 Å². The summed E-state index contributed by atoms with van der Waals surface area (Å²) in [4.78, 5) is 21.4. The smallest absolute Gasteiger partial charge is 0.258 e. The van der Waals surface area contributed by atoms with Crippen LogP contribution < -0.4 is 16.2 Å². The lowest BCUT2D eigenvalue weighted by Crippen LogP contribution is -2.45. The Balaban J connectivity index is 1.74. The van der Waals surface area contributed by atoms with Gasteiger partial charge in [-0.15, -0.1) is 0 Å². The molecule has 10 heteroatoms. The fourth-order valence-electron chi connectivity index (χ4n) is 4.49. The molecule has 8 nitrogen and oxygen atoms in total. The average molecular weight is 478 g/mol. The van der Waals surface area contributed by atoms with Crippen molar-refractivity contribution < 1.29 is 4.39 Å². The average Bonchev–Trinajstić information content (AvgIpc) is 3.18. The molecule has 0 amide bonds. The van der Waals surface area contributed by atoms with Crippen LogP contribution >= 0.6 is 11.6 Å². The number of H-pyrrole nitrogens is 1. The summed E-state index contributed by atoms with van der Waals surface area (Å²) < 4.78 is 17.0. The third-order valence-electron chi connectivity index (χ3n) is 6.15. The Morgan fingerprint density at radius 3 is 2.79 bits per heavy atom. The van der Waals surface area contributed by atoms with E-state index in [-0.39, 0.29) is 28.3 Å². The molecule has 0 unspecified atom stereocenters. The molecule has 3 heterocycles. The van der Waals surface area contributed by atoms with Crippen molar-refractivity contribution in [2.75, 3.05) is 18.0 Å². The number of hydrogen-bond donors (Lipinski definition) is 2. The summed E-state index contributed by atoms with van der Waals surface area (Å²) in [6.45, 7) is 3.73. The highest BCUT2D eigenvalue weighted by atomic mass is 35.5. The number of nitrogens with one attached hydrogen (secondary N) is 1. The van der Waals surface area contributed by atoms with Gasteiger partial charge in [0.05, 0.1) is 51.2 Å². The SMILES string of the molecule is CC1CN(c2cc(Cl)c(F)c(-c3c(-c4ccc5c(=O)[nH]c(CN)nc5c4)cnn3C)c2C#N)C1. The van der Waals surface area contributed by atoms with Gasteiger partial charge in [-0.2, -0.15) is 10.4 Å². The molecule has 34 heavy (non-hydrogen) atoms. The van der Waals surface area contributed by atoms with Crippen molar-refractivity contribution >= 4 is 28.2 Å². The van der Waals surface area contributed by atoms with Crippen LogP contribution in [0.15, 0.2) is 35.3 Å². The molecule has 1 saturated heterocycles. The number of aromatic nitrogens is 4. The minimum atomic E-state index is -0.679. The first-order valence-electron chi connectivity index (χ1n) is 10.7. The summed E-state index contributed by atoms with van der Waals surface area (Å²) >= 11 is 6.31. The van der Waals surface area contributed by atoms with E-state index in [9.17, 15) is 10.1 Å². The molecule has 0 atom stereocenters. The molecule has 0 bridgehead atoms.